The number of esters is 1. The van der Waals surface area contributed by atoms with E-state index in [0.717, 1.165) is 6.42 Å². The van der Waals surface area contributed by atoms with Crippen molar-refractivity contribution >= 4 is 5.97 Å². The molecule has 0 atom stereocenters. The standard InChI is InChI=1S/C11H23NO3.C6H14.C5H12/c1-10(2,12-5)7-8-15-11(3,4)9(13)14-6;1-3-5-6-4-2;1-3-5-4-2/h12H,7-8H2,1-6H3;3-6H2,1-2H3;3-5H2,1-2H3. The third-order valence-corrected chi connectivity index (χ3v) is 4.21. The van der Waals surface area contributed by atoms with E-state index < -0.39 is 5.60 Å². The van der Waals surface area contributed by atoms with Crippen molar-refractivity contribution < 1.29 is 14.3 Å². The lowest BCUT2D eigenvalue weighted by molar-refractivity contribution is -0.165. The van der Waals surface area contributed by atoms with Gasteiger partial charge in [0.05, 0.1) is 7.11 Å². The molecule has 4 nitrogen and oxygen atoms in total. The van der Waals surface area contributed by atoms with Crippen LogP contribution in [0.4, 0.5) is 0 Å². The lowest BCUT2D eigenvalue weighted by Crippen LogP contribution is -2.41. The Morgan fingerprint density at radius 1 is 0.846 bits per heavy atom. The van der Waals surface area contributed by atoms with Crippen LogP contribution in [0.15, 0.2) is 0 Å². The Balaban J connectivity index is -0.000000394. The molecule has 0 bridgehead atoms. The third kappa shape index (κ3) is 21.4. The fourth-order valence-corrected chi connectivity index (χ4v) is 1.84. The first kappa shape index (κ1) is 30.1. The molecule has 0 fully saturated rings. The molecule has 0 aromatic heterocycles. The Labute approximate surface area is 164 Å². The van der Waals surface area contributed by atoms with Gasteiger partial charge in [-0.05, 0) is 41.2 Å². The molecule has 0 amide bonds. The maximum absolute atomic E-state index is 11.3. The molecular formula is C22H49NO3. The van der Waals surface area contributed by atoms with Crippen molar-refractivity contribution in [2.45, 2.75) is 118 Å². The molecule has 26 heavy (non-hydrogen) atoms. The van der Waals surface area contributed by atoms with Crippen LogP contribution < -0.4 is 5.32 Å². The monoisotopic (exact) mass is 375 g/mol. The third-order valence-electron chi connectivity index (χ3n) is 4.21. The van der Waals surface area contributed by atoms with E-state index in [-0.39, 0.29) is 11.5 Å². The smallest absolute Gasteiger partial charge is 0.337 e. The van der Waals surface area contributed by atoms with Crippen molar-refractivity contribution in [2.24, 2.45) is 0 Å². The second-order valence-corrected chi connectivity index (χ2v) is 7.79. The van der Waals surface area contributed by atoms with E-state index in [1.807, 2.05) is 7.05 Å². The molecular weight excluding hydrogens is 326 g/mol. The number of ether oxygens (including phenoxy) is 2. The number of rotatable bonds is 11. The molecule has 0 aliphatic carbocycles. The molecule has 1 N–H and O–H groups in total. The largest absolute Gasteiger partial charge is 0.467 e. The van der Waals surface area contributed by atoms with Gasteiger partial charge in [0.15, 0.2) is 5.60 Å². The van der Waals surface area contributed by atoms with Gasteiger partial charge in [-0.15, -0.1) is 0 Å². The molecule has 0 spiro atoms. The summed E-state index contributed by atoms with van der Waals surface area (Å²) in [6, 6.07) is 0. The van der Waals surface area contributed by atoms with Gasteiger partial charge in [0.2, 0.25) is 0 Å². The first-order chi connectivity index (χ1) is 12.1. The van der Waals surface area contributed by atoms with Gasteiger partial charge in [-0.25, -0.2) is 4.79 Å². The highest BCUT2D eigenvalue weighted by Gasteiger charge is 2.30. The first-order valence-electron chi connectivity index (χ1n) is 10.5. The van der Waals surface area contributed by atoms with Gasteiger partial charge in [-0.3, -0.25) is 0 Å². The van der Waals surface area contributed by atoms with Gasteiger partial charge >= 0.3 is 5.97 Å². The van der Waals surface area contributed by atoms with E-state index >= 15 is 0 Å². The van der Waals surface area contributed by atoms with Gasteiger partial charge in [0.1, 0.15) is 0 Å². The summed E-state index contributed by atoms with van der Waals surface area (Å²) in [5.41, 5.74) is -0.842. The molecule has 0 saturated heterocycles. The van der Waals surface area contributed by atoms with E-state index in [4.69, 9.17) is 4.74 Å². The quantitative estimate of drug-likeness (QED) is 0.349. The summed E-state index contributed by atoms with van der Waals surface area (Å²) in [6.45, 7) is 17.0. The maximum atomic E-state index is 11.3. The molecule has 0 aliphatic rings. The van der Waals surface area contributed by atoms with Crippen molar-refractivity contribution in [3.63, 3.8) is 0 Å². The van der Waals surface area contributed by atoms with Gasteiger partial charge in [-0.2, -0.15) is 0 Å². The van der Waals surface area contributed by atoms with E-state index in [9.17, 15) is 4.79 Å². The summed E-state index contributed by atoms with van der Waals surface area (Å²) in [7, 11) is 3.27. The van der Waals surface area contributed by atoms with Crippen molar-refractivity contribution in [2.75, 3.05) is 20.8 Å². The molecule has 0 aliphatic heterocycles. The van der Waals surface area contributed by atoms with E-state index in [1.165, 1.54) is 52.1 Å². The van der Waals surface area contributed by atoms with Crippen LogP contribution >= 0.6 is 0 Å². The Morgan fingerprint density at radius 3 is 1.54 bits per heavy atom. The summed E-state index contributed by atoms with van der Waals surface area (Å²) < 4.78 is 10.1. The fourth-order valence-electron chi connectivity index (χ4n) is 1.84. The number of unbranched alkanes of at least 4 members (excludes halogenated alkanes) is 5. The summed E-state index contributed by atoms with van der Waals surface area (Å²) in [5.74, 6) is -0.343. The van der Waals surface area contributed by atoms with Crippen molar-refractivity contribution in [3.05, 3.63) is 0 Å². The molecule has 0 aromatic rings. The Bertz CT molecular complexity index is 296. The van der Waals surface area contributed by atoms with Gasteiger partial charge < -0.3 is 14.8 Å². The second-order valence-electron chi connectivity index (χ2n) is 7.79. The molecule has 160 valence electrons. The zero-order chi connectivity index (χ0) is 21.1. The highest BCUT2D eigenvalue weighted by molar-refractivity contribution is 5.78. The summed E-state index contributed by atoms with van der Waals surface area (Å²) >= 11 is 0. The number of hydrogen-bond acceptors (Lipinski definition) is 4. The second kappa shape index (κ2) is 19.2. The summed E-state index contributed by atoms with van der Waals surface area (Å²) in [5, 5.41) is 3.17. The minimum atomic E-state index is -0.863. The van der Waals surface area contributed by atoms with E-state index in [0.29, 0.717) is 6.61 Å². The van der Waals surface area contributed by atoms with Crippen LogP contribution in [0.5, 0.6) is 0 Å². The highest BCUT2D eigenvalue weighted by Crippen LogP contribution is 2.14. The molecule has 0 saturated carbocycles. The van der Waals surface area contributed by atoms with Crippen molar-refractivity contribution in [1.29, 1.82) is 0 Å². The zero-order valence-corrected chi connectivity index (χ0v) is 19.6. The Kier molecular flexibility index (Phi) is 22.2. The minimum absolute atomic E-state index is 0.0200. The number of nitrogens with one attached hydrogen (secondary N) is 1. The lowest BCUT2D eigenvalue weighted by Gasteiger charge is -2.27. The van der Waals surface area contributed by atoms with Crippen LogP contribution in [-0.2, 0) is 14.3 Å². The molecule has 0 rings (SSSR count). The van der Waals surface area contributed by atoms with Crippen LogP contribution in [-0.4, -0.2) is 37.9 Å². The highest BCUT2D eigenvalue weighted by atomic mass is 16.6. The SMILES string of the molecule is CCCCC.CCCCCC.CNC(C)(C)CCOC(C)(C)C(=O)OC. The molecule has 0 unspecified atom stereocenters. The average Bonchev–Trinajstić information content (AvgIpc) is 2.60. The number of hydrogen-bond donors (Lipinski definition) is 1. The molecule has 0 heterocycles. The summed E-state index contributed by atoms with van der Waals surface area (Å²) in [6.07, 6.45) is 10.5. The predicted octanol–water partition coefficient (Wildman–Crippen LogP) is 6.13. The van der Waals surface area contributed by atoms with Gasteiger partial charge in [0, 0.05) is 12.1 Å². The van der Waals surface area contributed by atoms with Crippen molar-refractivity contribution in [3.8, 4) is 0 Å². The fraction of sp³-hybridized carbons (Fsp3) is 0.955. The predicted molar refractivity (Wildman–Crippen MR) is 115 cm³/mol. The average molecular weight is 376 g/mol. The zero-order valence-electron chi connectivity index (χ0n) is 19.6. The first-order valence-corrected chi connectivity index (χ1v) is 10.5. The number of methoxy groups -OCH3 is 1. The normalized spacial score (nSPS) is 11.0. The Morgan fingerprint density at radius 2 is 1.27 bits per heavy atom. The van der Waals surface area contributed by atoms with E-state index in [1.54, 1.807) is 13.8 Å². The lowest BCUT2D eigenvalue weighted by atomic mass is 10.0. The maximum Gasteiger partial charge on any atom is 0.337 e. The number of carbonyl (C=O) groups is 1. The van der Waals surface area contributed by atoms with Crippen LogP contribution in [0.2, 0.25) is 0 Å². The minimum Gasteiger partial charge on any atom is -0.467 e. The molecule has 4 heteroatoms. The van der Waals surface area contributed by atoms with Crippen LogP contribution in [0, 0.1) is 0 Å². The number of carbonyl (C=O) groups excluding carboxylic acids is 1. The van der Waals surface area contributed by atoms with Crippen LogP contribution in [0.25, 0.3) is 0 Å². The van der Waals surface area contributed by atoms with Crippen LogP contribution in [0.3, 0.4) is 0 Å². The Hall–Kier alpha value is -0.610. The molecule has 0 aromatic carbocycles. The topological polar surface area (TPSA) is 47.6 Å². The van der Waals surface area contributed by atoms with Gasteiger partial charge in [-0.1, -0.05) is 72.6 Å². The van der Waals surface area contributed by atoms with E-state index in [2.05, 4.69) is 51.6 Å². The van der Waals surface area contributed by atoms with Crippen LogP contribution in [0.1, 0.15) is 107 Å². The van der Waals surface area contributed by atoms with Crippen molar-refractivity contribution in [1.82, 2.24) is 5.32 Å². The summed E-state index contributed by atoms with van der Waals surface area (Å²) in [4.78, 5) is 11.3. The molecule has 0 radical (unpaired) electrons. The van der Waals surface area contributed by atoms with Gasteiger partial charge in [0.25, 0.3) is 0 Å².